The summed E-state index contributed by atoms with van der Waals surface area (Å²) in [6.07, 6.45) is 4.61. The molecule has 1 spiro atoms. The van der Waals surface area contributed by atoms with Crippen LogP contribution in [-0.2, 0) is 22.7 Å². The molecule has 0 unspecified atom stereocenters. The first-order chi connectivity index (χ1) is 14.5. The molecule has 158 valence electrons. The van der Waals surface area contributed by atoms with Crippen LogP contribution in [0.4, 0.5) is 4.79 Å². The molecule has 1 N–H and O–H groups in total. The van der Waals surface area contributed by atoms with Crippen LogP contribution in [0.2, 0.25) is 0 Å². The molecule has 1 saturated carbocycles. The lowest BCUT2D eigenvalue weighted by atomic mass is 9.77. The Hall–Kier alpha value is -3.09. The molecule has 2 aromatic rings. The Morgan fingerprint density at radius 3 is 2.53 bits per heavy atom. The van der Waals surface area contributed by atoms with Crippen molar-refractivity contribution >= 4 is 17.8 Å². The highest BCUT2D eigenvalue weighted by molar-refractivity contribution is 6.09. The van der Waals surface area contributed by atoms with Gasteiger partial charge in [0.15, 0.2) is 0 Å². The van der Waals surface area contributed by atoms with Gasteiger partial charge in [0.1, 0.15) is 17.8 Å². The molecule has 4 amide bonds. The van der Waals surface area contributed by atoms with Gasteiger partial charge in [0.25, 0.3) is 5.91 Å². The lowest BCUT2D eigenvalue weighted by molar-refractivity contribution is -0.140. The Morgan fingerprint density at radius 1 is 1.13 bits per heavy atom. The van der Waals surface area contributed by atoms with Gasteiger partial charge in [0.2, 0.25) is 5.91 Å². The highest BCUT2D eigenvalue weighted by atomic mass is 16.3. The van der Waals surface area contributed by atoms with Crippen LogP contribution in [-0.4, -0.2) is 39.7 Å². The number of carbonyl (C=O) groups excluding carboxylic acids is 3. The topological polar surface area (TPSA) is 82.9 Å². The molecular formula is C23H27N3O4. The molecule has 1 aromatic carbocycles. The van der Waals surface area contributed by atoms with Crippen molar-refractivity contribution in [2.24, 2.45) is 5.92 Å². The first kappa shape index (κ1) is 20.2. The molecule has 0 bridgehead atoms. The maximum Gasteiger partial charge on any atom is 0.325 e. The molecule has 1 aromatic heterocycles. The summed E-state index contributed by atoms with van der Waals surface area (Å²) in [4.78, 5) is 41.5. The van der Waals surface area contributed by atoms with Crippen LogP contribution in [0.15, 0.2) is 53.1 Å². The average Bonchev–Trinajstić information content (AvgIpc) is 3.33. The van der Waals surface area contributed by atoms with E-state index in [4.69, 9.17) is 4.42 Å². The molecular weight excluding hydrogens is 382 g/mol. The van der Waals surface area contributed by atoms with E-state index in [1.807, 2.05) is 30.3 Å². The fourth-order valence-corrected chi connectivity index (χ4v) is 4.28. The molecule has 1 aliphatic carbocycles. The van der Waals surface area contributed by atoms with Gasteiger partial charge < -0.3 is 14.6 Å². The number of carbonyl (C=O) groups is 3. The molecule has 30 heavy (non-hydrogen) atoms. The second-order valence-electron chi connectivity index (χ2n) is 8.40. The van der Waals surface area contributed by atoms with Gasteiger partial charge in [-0.3, -0.25) is 14.5 Å². The maximum absolute atomic E-state index is 13.2. The van der Waals surface area contributed by atoms with E-state index in [0.29, 0.717) is 31.1 Å². The number of hydrogen-bond donors (Lipinski definition) is 1. The second-order valence-corrected chi connectivity index (χ2v) is 8.40. The number of rotatable bonds is 6. The van der Waals surface area contributed by atoms with Gasteiger partial charge in [-0.1, -0.05) is 37.3 Å². The summed E-state index contributed by atoms with van der Waals surface area (Å²) in [6, 6.07) is 12.7. The molecule has 2 fully saturated rings. The Labute approximate surface area is 176 Å². The van der Waals surface area contributed by atoms with Gasteiger partial charge in [0, 0.05) is 6.54 Å². The number of hydrogen-bond acceptors (Lipinski definition) is 4. The van der Waals surface area contributed by atoms with Crippen LogP contribution in [0, 0.1) is 5.92 Å². The quantitative estimate of drug-likeness (QED) is 0.742. The van der Waals surface area contributed by atoms with Crippen LogP contribution < -0.4 is 5.32 Å². The molecule has 1 saturated heterocycles. The van der Waals surface area contributed by atoms with Crippen LogP contribution in [0.5, 0.6) is 0 Å². The third-order valence-electron chi connectivity index (χ3n) is 6.16. The van der Waals surface area contributed by atoms with E-state index in [2.05, 4.69) is 12.2 Å². The van der Waals surface area contributed by atoms with E-state index in [9.17, 15) is 14.4 Å². The van der Waals surface area contributed by atoms with Crippen molar-refractivity contribution in [3.8, 4) is 0 Å². The smallest absolute Gasteiger partial charge is 0.325 e. The first-order valence-electron chi connectivity index (χ1n) is 10.4. The molecule has 7 heteroatoms. The number of nitrogens with one attached hydrogen (secondary N) is 1. The fourth-order valence-electron chi connectivity index (χ4n) is 4.28. The van der Waals surface area contributed by atoms with Crippen molar-refractivity contribution in [3.05, 3.63) is 60.1 Å². The predicted molar refractivity (Wildman–Crippen MR) is 110 cm³/mol. The Kier molecular flexibility index (Phi) is 5.61. The standard InChI is InChI=1S/C23H27N3O4/c1-17-9-11-23(12-10-17)21(28)26(22(29)24-23)16-20(27)25(15-19-8-5-13-30-19)14-18-6-3-2-4-7-18/h2-8,13,17H,9-12,14-16H2,1H3,(H,24,29). The van der Waals surface area contributed by atoms with Crippen LogP contribution in [0.3, 0.4) is 0 Å². The summed E-state index contributed by atoms with van der Waals surface area (Å²) in [5.74, 6) is 0.630. The van der Waals surface area contributed by atoms with Crippen LogP contribution in [0.25, 0.3) is 0 Å². The predicted octanol–water partition coefficient (Wildman–Crippen LogP) is 3.31. The van der Waals surface area contributed by atoms with Crippen molar-refractivity contribution < 1.29 is 18.8 Å². The Bertz CT molecular complexity index is 902. The normalized spacial score (nSPS) is 23.6. The number of imide groups is 1. The number of nitrogens with zero attached hydrogens (tertiary/aromatic N) is 2. The monoisotopic (exact) mass is 409 g/mol. The van der Waals surface area contributed by atoms with Crippen LogP contribution >= 0.6 is 0 Å². The minimum atomic E-state index is -0.838. The molecule has 0 atom stereocenters. The van der Waals surface area contributed by atoms with E-state index in [0.717, 1.165) is 23.3 Å². The summed E-state index contributed by atoms with van der Waals surface area (Å²) in [7, 11) is 0. The van der Waals surface area contributed by atoms with Crippen molar-refractivity contribution in [3.63, 3.8) is 0 Å². The van der Waals surface area contributed by atoms with Crippen LogP contribution in [0.1, 0.15) is 43.9 Å². The lowest BCUT2D eigenvalue weighted by Crippen LogP contribution is -2.50. The second kappa shape index (κ2) is 8.34. The van der Waals surface area contributed by atoms with Crippen molar-refractivity contribution in [1.29, 1.82) is 0 Å². The summed E-state index contributed by atoms with van der Waals surface area (Å²) >= 11 is 0. The third-order valence-corrected chi connectivity index (χ3v) is 6.16. The average molecular weight is 409 g/mol. The zero-order valence-electron chi connectivity index (χ0n) is 17.2. The van der Waals surface area contributed by atoms with Gasteiger partial charge in [0.05, 0.1) is 12.8 Å². The molecule has 1 aliphatic heterocycles. The molecule has 0 radical (unpaired) electrons. The van der Waals surface area contributed by atoms with Gasteiger partial charge in [-0.05, 0) is 49.3 Å². The van der Waals surface area contributed by atoms with Crippen molar-refractivity contribution in [2.45, 2.75) is 51.2 Å². The number of urea groups is 1. The highest BCUT2D eigenvalue weighted by Crippen LogP contribution is 2.36. The number of benzene rings is 1. The summed E-state index contributed by atoms with van der Waals surface area (Å²) in [6.45, 7) is 2.53. The summed E-state index contributed by atoms with van der Waals surface area (Å²) in [5, 5.41) is 2.88. The summed E-state index contributed by atoms with van der Waals surface area (Å²) in [5.41, 5.74) is 0.127. The van der Waals surface area contributed by atoms with E-state index >= 15 is 0 Å². The zero-order valence-corrected chi connectivity index (χ0v) is 17.2. The van der Waals surface area contributed by atoms with E-state index in [1.54, 1.807) is 23.3 Å². The molecule has 4 rings (SSSR count). The number of furan rings is 1. The molecule has 7 nitrogen and oxygen atoms in total. The SMILES string of the molecule is CC1CCC2(CC1)NC(=O)N(CC(=O)N(Cc1ccccc1)Cc1ccco1)C2=O. The fraction of sp³-hybridized carbons (Fsp3) is 0.435. The van der Waals surface area contributed by atoms with Gasteiger partial charge in [-0.15, -0.1) is 0 Å². The Balaban J connectivity index is 1.48. The van der Waals surface area contributed by atoms with Gasteiger partial charge in [-0.2, -0.15) is 0 Å². The van der Waals surface area contributed by atoms with E-state index in [-0.39, 0.29) is 24.9 Å². The minimum Gasteiger partial charge on any atom is -0.467 e. The van der Waals surface area contributed by atoms with E-state index < -0.39 is 11.6 Å². The maximum atomic E-state index is 13.2. The molecule has 2 heterocycles. The van der Waals surface area contributed by atoms with E-state index in [1.165, 1.54) is 0 Å². The van der Waals surface area contributed by atoms with Crippen molar-refractivity contribution in [1.82, 2.24) is 15.1 Å². The lowest BCUT2D eigenvalue weighted by Gasteiger charge is -2.33. The Morgan fingerprint density at radius 2 is 1.87 bits per heavy atom. The first-order valence-corrected chi connectivity index (χ1v) is 10.4. The minimum absolute atomic E-state index is 0.268. The third kappa shape index (κ3) is 4.10. The highest BCUT2D eigenvalue weighted by Gasteiger charge is 2.52. The van der Waals surface area contributed by atoms with Gasteiger partial charge >= 0.3 is 6.03 Å². The molecule has 2 aliphatic rings. The van der Waals surface area contributed by atoms with Crippen molar-refractivity contribution in [2.75, 3.05) is 6.54 Å². The van der Waals surface area contributed by atoms with Gasteiger partial charge in [-0.25, -0.2) is 4.79 Å². The largest absolute Gasteiger partial charge is 0.467 e. The zero-order chi connectivity index (χ0) is 21.1. The number of amides is 4. The summed E-state index contributed by atoms with van der Waals surface area (Å²) < 4.78 is 5.41.